The Morgan fingerprint density at radius 1 is 1.17 bits per heavy atom. The van der Waals surface area contributed by atoms with E-state index >= 15 is 0 Å². The van der Waals surface area contributed by atoms with Gasteiger partial charge in [0.25, 0.3) is 5.69 Å². The lowest BCUT2D eigenvalue weighted by Gasteiger charge is -2.44. The highest BCUT2D eigenvalue weighted by Gasteiger charge is 2.50. The van der Waals surface area contributed by atoms with E-state index < -0.39 is 42.4 Å². The minimum atomic E-state index is -1.38. The summed E-state index contributed by atoms with van der Waals surface area (Å²) in [5.74, 6) is -2.20. The van der Waals surface area contributed by atoms with Crippen molar-refractivity contribution in [2.45, 2.75) is 51.4 Å². The summed E-state index contributed by atoms with van der Waals surface area (Å²) in [6.07, 6.45) is -0.0570. The van der Waals surface area contributed by atoms with Crippen LogP contribution in [0.5, 0.6) is 0 Å². The highest BCUT2D eigenvalue weighted by atomic mass is 35.5. The van der Waals surface area contributed by atoms with Gasteiger partial charge >= 0.3 is 8.69 Å². The number of nitrogens with zero attached hydrogens (tertiary/aromatic N) is 2. The Labute approximate surface area is 175 Å². The third-order valence-corrected chi connectivity index (χ3v) is 5.48. The van der Waals surface area contributed by atoms with E-state index in [1.807, 2.05) is 0 Å². The van der Waals surface area contributed by atoms with Gasteiger partial charge in [-0.15, -0.1) is 0 Å². The topological polar surface area (TPSA) is 131 Å². The van der Waals surface area contributed by atoms with Crippen molar-refractivity contribution in [2.24, 2.45) is 0 Å². The largest absolute Gasteiger partial charge is 0.348 e. The summed E-state index contributed by atoms with van der Waals surface area (Å²) < 4.78 is 28.2. The van der Waals surface area contributed by atoms with E-state index in [0.717, 1.165) is 0 Å². The van der Waals surface area contributed by atoms with Gasteiger partial charge in [-0.05, 0) is 45.7 Å². The molecule has 1 rings (SSSR count). The van der Waals surface area contributed by atoms with E-state index in [0.29, 0.717) is 5.56 Å². The molecule has 0 fully saturated rings. The molecule has 0 radical (unpaired) electrons. The Bertz CT molecular complexity index is 744. The molecule has 0 aliphatic heterocycles. The number of benzene rings is 1. The molecule has 0 saturated heterocycles. The smallest absolute Gasteiger partial charge is 0.328 e. The van der Waals surface area contributed by atoms with Crippen molar-refractivity contribution < 1.29 is 28.4 Å². The predicted molar refractivity (Wildman–Crippen MR) is 106 cm³/mol. The molecule has 29 heavy (non-hydrogen) atoms. The molecule has 10 nitrogen and oxygen atoms in total. The summed E-state index contributed by atoms with van der Waals surface area (Å²) in [5, 5.41) is 22.4. The number of rotatable bonds is 13. The zero-order chi connectivity index (χ0) is 22.2. The maximum absolute atomic E-state index is 11.3. The first-order valence-corrected chi connectivity index (χ1v) is 9.98. The number of hydrogen-bond donors (Lipinski definition) is 0. The molecule has 0 amide bonds. The minimum Gasteiger partial charge on any atom is -0.348 e. The van der Waals surface area contributed by atoms with Crippen molar-refractivity contribution in [2.75, 3.05) is 19.8 Å². The molecule has 0 bridgehead atoms. The molecule has 0 aliphatic rings. The summed E-state index contributed by atoms with van der Waals surface area (Å²) in [6, 6.07) is 4.00. The fraction of sp³-hybridized carbons (Fsp3) is 0.647. The molecule has 2 atom stereocenters. The number of halogens is 1. The number of nitro groups is 2. The normalized spacial score (nSPS) is 15.1. The quantitative estimate of drug-likeness (QED) is 0.182. The van der Waals surface area contributed by atoms with Crippen LogP contribution in [-0.4, -0.2) is 41.0 Å². The molecule has 0 aliphatic carbocycles. The van der Waals surface area contributed by atoms with Crippen LogP contribution >= 0.6 is 20.3 Å². The van der Waals surface area contributed by atoms with Crippen LogP contribution in [0.25, 0.3) is 0 Å². The van der Waals surface area contributed by atoms with E-state index in [4.69, 9.17) is 25.6 Å². The van der Waals surface area contributed by atoms with Crippen LogP contribution < -0.4 is 0 Å². The van der Waals surface area contributed by atoms with Crippen LogP contribution in [0.1, 0.15) is 45.6 Å². The Balaban J connectivity index is 3.45. The summed E-state index contributed by atoms with van der Waals surface area (Å²) in [7, 11) is -0.664. The first-order valence-electron chi connectivity index (χ1n) is 8.87. The van der Waals surface area contributed by atoms with Crippen molar-refractivity contribution in [1.29, 1.82) is 0 Å². The van der Waals surface area contributed by atoms with Gasteiger partial charge in [0.15, 0.2) is 5.79 Å². The first kappa shape index (κ1) is 25.3. The Morgan fingerprint density at radius 3 is 2.21 bits per heavy atom. The molecule has 2 unspecified atom stereocenters. The van der Waals surface area contributed by atoms with E-state index in [2.05, 4.69) is 0 Å². The van der Waals surface area contributed by atoms with Crippen LogP contribution in [-0.2, 0) is 18.6 Å². The average molecular weight is 451 g/mol. The van der Waals surface area contributed by atoms with Gasteiger partial charge in [0.05, 0.1) is 10.8 Å². The lowest BCUT2D eigenvalue weighted by atomic mass is 9.82. The minimum absolute atomic E-state index is 0.0570. The molecule has 0 spiro atoms. The van der Waals surface area contributed by atoms with Gasteiger partial charge in [-0.3, -0.25) is 24.8 Å². The van der Waals surface area contributed by atoms with Crippen LogP contribution in [0.2, 0.25) is 5.02 Å². The molecule has 1 aromatic carbocycles. The number of hydrogen-bond acceptors (Lipinski definition) is 8. The SMILES string of the molecule is CCOC(C)(OCC)C(C)(CC(C[N+](=O)[O-])c1ccc(Cl)c([N+](=O)[O-])c1)OP=O. The van der Waals surface area contributed by atoms with Crippen LogP contribution in [0.4, 0.5) is 5.69 Å². The fourth-order valence-electron chi connectivity index (χ4n) is 3.15. The average Bonchev–Trinajstić information content (AvgIpc) is 2.61. The van der Waals surface area contributed by atoms with Gasteiger partial charge in [0.2, 0.25) is 6.54 Å². The second kappa shape index (κ2) is 10.9. The molecule has 0 saturated carbocycles. The molecule has 0 N–H and O–H groups in total. The van der Waals surface area contributed by atoms with E-state index in [1.54, 1.807) is 27.7 Å². The fourth-order valence-corrected chi connectivity index (χ4v) is 3.74. The van der Waals surface area contributed by atoms with Gasteiger partial charge in [0, 0.05) is 24.2 Å². The monoisotopic (exact) mass is 450 g/mol. The third kappa shape index (κ3) is 6.38. The van der Waals surface area contributed by atoms with E-state index in [1.165, 1.54) is 18.2 Å². The van der Waals surface area contributed by atoms with Crippen molar-refractivity contribution in [3.05, 3.63) is 49.0 Å². The van der Waals surface area contributed by atoms with Gasteiger partial charge in [-0.25, -0.2) is 4.57 Å². The van der Waals surface area contributed by atoms with Crippen LogP contribution in [0.15, 0.2) is 18.2 Å². The van der Waals surface area contributed by atoms with Crippen LogP contribution in [0, 0.1) is 20.2 Å². The van der Waals surface area contributed by atoms with Crippen molar-refractivity contribution in [3.63, 3.8) is 0 Å². The van der Waals surface area contributed by atoms with E-state index in [9.17, 15) is 24.8 Å². The highest BCUT2D eigenvalue weighted by molar-refractivity contribution is 7.17. The van der Waals surface area contributed by atoms with Crippen molar-refractivity contribution in [1.82, 2.24) is 0 Å². The molecular weight excluding hydrogens is 427 g/mol. The van der Waals surface area contributed by atoms with Gasteiger partial charge < -0.3 is 9.47 Å². The second-order valence-electron chi connectivity index (χ2n) is 6.59. The molecule has 162 valence electrons. The summed E-state index contributed by atoms with van der Waals surface area (Å²) in [6.45, 7) is 6.60. The van der Waals surface area contributed by atoms with Gasteiger partial charge in [0.1, 0.15) is 10.6 Å². The summed E-state index contributed by atoms with van der Waals surface area (Å²) >= 11 is 5.86. The number of ether oxygens (including phenoxy) is 2. The summed E-state index contributed by atoms with van der Waals surface area (Å²) in [4.78, 5) is 21.3. The second-order valence-corrected chi connectivity index (χ2v) is 7.33. The van der Waals surface area contributed by atoms with Crippen molar-refractivity contribution >= 4 is 26.0 Å². The lowest BCUT2D eigenvalue weighted by molar-refractivity contribution is -0.484. The standard InChI is InChI=1S/C17H24ClN2O8P/c1-5-26-17(4,27-6-2)16(3,28-29-25)10-13(11-19(21)22)12-7-8-14(18)15(9-12)20(23)24/h7-9,13H,5-6,10-11H2,1-4H3. The predicted octanol–water partition coefficient (Wildman–Crippen LogP) is 4.77. The number of nitro benzene ring substituents is 1. The molecular formula is C17H24ClN2O8P. The molecule has 0 aromatic heterocycles. The Kier molecular flexibility index (Phi) is 9.51. The highest BCUT2D eigenvalue weighted by Crippen LogP contribution is 2.42. The van der Waals surface area contributed by atoms with Gasteiger partial charge in [-0.2, -0.15) is 0 Å². The zero-order valence-electron chi connectivity index (χ0n) is 16.6. The molecule has 12 heteroatoms. The third-order valence-electron chi connectivity index (χ3n) is 4.68. The maximum atomic E-state index is 11.3. The van der Waals surface area contributed by atoms with Gasteiger partial charge in [-0.1, -0.05) is 17.7 Å². The maximum Gasteiger partial charge on any atom is 0.328 e. The zero-order valence-corrected chi connectivity index (χ0v) is 18.3. The van der Waals surface area contributed by atoms with Crippen molar-refractivity contribution in [3.8, 4) is 0 Å². The Morgan fingerprint density at radius 2 is 1.76 bits per heavy atom. The lowest BCUT2D eigenvalue weighted by Crippen LogP contribution is -2.55. The molecule has 1 aromatic rings. The summed E-state index contributed by atoms with van der Waals surface area (Å²) in [5.41, 5.74) is -1.41. The van der Waals surface area contributed by atoms with Crippen LogP contribution in [0.3, 0.4) is 0 Å². The Hall–Kier alpha value is -1.71. The van der Waals surface area contributed by atoms with E-state index in [-0.39, 0.29) is 30.3 Å². The molecule has 0 heterocycles. The first-order chi connectivity index (χ1) is 13.5.